The third-order valence-corrected chi connectivity index (χ3v) is 5.69. The van der Waals surface area contributed by atoms with Crippen LogP contribution in [0, 0.1) is 5.41 Å². The molecule has 4 rings (SSSR count). The second-order valence-electron chi connectivity index (χ2n) is 6.40. The van der Waals surface area contributed by atoms with Crippen molar-refractivity contribution in [3.63, 3.8) is 0 Å². The first-order chi connectivity index (χ1) is 10.7. The maximum atomic E-state index is 6.61. The van der Waals surface area contributed by atoms with Crippen molar-refractivity contribution in [1.82, 2.24) is 9.97 Å². The number of halogens is 1. The number of benzene rings is 1. The molecule has 2 aliphatic rings. The highest BCUT2D eigenvalue weighted by atomic mass is 79.9. The summed E-state index contributed by atoms with van der Waals surface area (Å²) in [6.45, 7) is 2.00. The van der Waals surface area contributed by atoms with Gasteiger partial charge in [-0.3, -0.25) is 0 Å². The second kappa shape index (κ2) is 5.32. The van der Waals surface area contributed by atoms with E-state index in [9.17, 15) is 0 Å². The van der Waals surface area contributed by atoms with Gasteiger partial charge in [0.2, 0.25) is 0 Å². The molecule has 0 radical (unpaired) electrons. The van der Waals surface area contributed by atoms with Crippen molar-refractivity contribution in [1.29, 1.82) is 0 Å². The predicted octanol–water partition coefficient (Wildman–Crippen LogP) is 3.08. The third kappa shape index (κ3) is 2.23. The number of hydrogen-bond acceptors (Lipinski definition) is 4. The lowest BCUT2D eigenvalue weighted by Crippen LogP contribution is -2.44. The van der Waals surface area contributed by atoms with E-state index in [4.69, 9.17) is 5.73 Å². The van der Waals surface area contributed by atoms with Gasteiger partial charge in [0.1, 0.15) is 10.4 Å². The lowest BCUT2D eigenvalue weighted by Gasteiger charge is -2.42. The molecule has 5 heteroatoms. The van der Waals surface area contributed by atoms with Crippen LogP contribution in [0.25, 0.3) is 0 Å². The van der Waals surface area contributed by atoms with Gasteiger partial charge in [0, 0.05) is 19.1 Å². The summed E-state index contributed by atoms with van der Waals surface area (Å²) < 4.78 is 0.776. The molecule has 2 heterocycles. The molecule has 1 unspecified atom stereocenters. The molecule has 1 atom stereocenters. The quantitative estimate of drug-likeness (QED) is 0.850. The van der Waals surface area contributed by atoms with Crippen molar-refractivity contribution in [3.05, 3.63) is 52.4 Å². The van der Waals surface area contributed by atoms with Gasteiger partial charge in [0.25, 0.3) is 0 Å². The molecule has 2 N–H and O–H groups in total. The van der Waals surface area contributed by atoms with Crippen LogP contribution in [-0.2, 0) is 6.42 Å². The predicted molar refractivity (Wildman–Crippen MR) is 90.7 cm³/mol. The van der Waals surface area contributed by atoms with E-state index >= 15 is 0 Å². The van der Waals surface area contributed by atoms with Gasteiger partial charge in [-0.25, -0.2) is 9.97 Å². The van der Waals surface area contributed by atoms with E-state index in [2.05, 4.69) is 55.1 Å². The number of nitrogens with two attached hydrogens (primary N) is 1. The Balaban J connectivity index is 1.52. The summed E-state index contributed by atoms with van der Waals surface area (Å²) >= 11 is 3.33. The molecule has 1 aromatic heterocycles. The van der Waals surface area contributed by atoms with Crippen LogP contribution < -0.4 is 10.6 Å². The Bertz CT molecular complexity index is 677. The minimum atomic E-state index is 0.168. The SMILES string of the molecule is NC1c2ccccc2CC12CCN(c1cnc(Br)cn1)CC2. The number of rotatable bonds is 1. The molecule has 0 amide bonds. The molecular weight excluding hydrogens is 340 g/mol. The minimum Gasteiger partial charge on any atom is -0.355 e. The molecule has 2 aromatic rings. The first-order valence-corrected chi connectivity index (χ1v) is 8.53. The molecule has 1 aliphatic heterocycles. The van der Waals surface area contributed by atoms with E-state index in [1.54, 1.807) is 6.20 Å². The van der Waals surface area contributed by atoms with E-state index < -0.39 is 0 Å². The van der Waals surface area contributed by atoms with Crippen LogP contribution >= 0.6 is 15.9 Å². The van der Waals surface area contributed by atoms with Crippen molar-refractivity contribution in [2.24, 2.45) is 11.1 Å². The second-order valence-corrected chi connectivity index (χ2v) is 7.21. The van der Waals surface area contributed by atoms with Crippen LogP contribution in [0.15, 0.2) is 41.3 Å². The van der Waals surface area contributed by atoms with Gasteiger partial charge >= 0.3 is 0 Å². The number of hydrogen-bond donors (Lipinski definition) is 1. The van der Waals surface area contributed by atoms with Crippen LogP contribution in [0.4, 0.5) is 5.82 Å². The fraction of sp³-hybridized carbons (Fsp3) is 0.412. The first-order valence-electron chi connectivity index (χ1n) is 7.74. The maximum absolute atomic E-state index is 6.61. The van der Waals surface area contributed by atoms with E-state index in [0.717, 1.165) is 42.8 Å². The summed E-state index contributed by atoms with van der Waals surface area (Å²) in [5.74, 6) is 0.960. The fourth-order valence-corrected chi connectivity index (χ4v) is 4.16. The van der Waals surface area contributed by atoms with Crippen molar-refractivity contribution in [2.75, 3.05) is 18.0 Å². The summed E-state index contributed by atoms with van der Waals surface area (Å²) in [6, 6.07) is 8.82. The van der Waals surface area contributed by atoms with Crippen molar-refractivity contribution < 1.29 is 0 Å². The topological polar surface area (TPSA) is 55.0 Å². The van der Waals surface area contributed by atoms with Gasteiger partial charge in [0.15, 0.2) is 0 Å². The molecule has 114 valence electrons. The van der Waals surface area contributed by atoms with Crippen LogP contribution in [0.3, 0.4) is 0 Å². The molecule has 0 bridgehead atoms. The van der Waals surface area contributed by atoms with Crippen LogP contribution in [0.1, 0.15) is 30.0 Å². The Kier molecular flexibility index (Phi) is 3.42. The lowest BCUT2D eigenvalue weighted by molar-refractivity contribution is 0.187. The fourth-order valence-electron chi connectivity index (χ4n) is 3.96. The molecule has 1 fully saturated rings. The van der Waals surface area contributed by atoms with Crippen molar-refractivity contribution >= 4 is 21.7 Å². The number of fused-ring (bicyclic) bond motifs is 1. The van der Waals surface area contributed by atoms with Gasteiger partial charge in [0.05, 0.1) is 12.4 Å². The molecule has 1 saturated heterocycles. The first kappa shape index (κ1) is 14.2. The molecule has 1 spiro atoms. The molecule has 0 saturated carbocycles. The Morgan fingerprint density at radius 3 is 2.59 bits per heavy atom. The molecule has 1 aromatic carbocycles. The van der Waals surface area contributed by atoms with E-state index in [-0.39, 0.29) is 11.5 Å². The maximum Gasteiger partial charge on any atom is 0.147 e. The van der Waals surface area contributed by atoms with Gasteiger partial charge in [-0.2, -0.15) is 0 Å². The zero-order chi connectivity index (χ0) is 15.2. The van der Waals surface area contributed by atoms with E-state index in [1.807, 2.05) is 6.20 Å². The molecule has 1 aliphatic carbocycles. The molecule has 22 heavy (non-hydrogen) atoms. The van der Waals surface area contributed by atoms with Gasteiger partial charge in [-0.15, -0.1) is 0 Å². The Morgan fingerprint density at radius 1 is 1.14 bits per heavy atom. The van der Waals surface area contributed by atoms with Crippen LogP contribution in [0.2, 0.25) is 0 Å². The minimum absolute atomic E-state index is 0.168. The summed E-state index contributed by atoms with van der Waals surface area (Å²) in [6.07, 6.45) is 6.94. The lowest BCUT2D eigenvalue weighted by atomic mass is 9.73. The zero-order valence-corrected chi connectivity index (χ0v) is 14.0. The highest BCUT2D eigenvalue weighted by Gasteiger charge is 2.45. The Morgan fingerprint density at radius 2 is 1.91 bits per heavy atom. The standard InChI is InChI=1S/C17H19BrN4/c18-14-10-21-15(11-20-14)22-7-5-17(6-8-22)9-12-3-1-2-4-13(12)16(17)19/h1-4,10-11,16H,5-9,19H2. The Labute approximate surface area is 138 Å². The zero-order valence-electron chi connectivity index (χ0n) is 12.4. The Hall–Kier alpha value is -1.46. The van der Waals surface area contributed by atoms with E-state index in [1.165, 1.54) is 11.1 Å². The summed E-state index contributed by atoms with van der Waals surface area (Å²) in [7, 11) is 0. The van der Waals surface area contributed by atoms with Crippen LogP contribution in [0.5, 0.6) is 0 Å². The monoisotopic (exact) mass is 358 g/mol. The van der Waals surface area contributed by atoms with Crippen molar-refractivity contribution in [2.45, 2.75) is 25.3 Å². The normalized spacial score (nSPS) is 22.8. The number of nitrogens with zero attached hydrogens (tertiary/aromatic N) is 3. The van der Waals surface area contributed by atoms with Crippen LogP contribution in [-0.4, -0.2) is 23.1 Å². The van der Waals surface area contributed by atoms with Gasteiger partial charge in [-0.05, 0) is 51.7 Å². The summed E-state index contributed by atoms with van der Waals surface area (Å²) in [4.78, 5) is 11.1. The van der Waals surface area contributed by atoms with E-state index in [0.29, 0.717) is 0 Å². The molecule has 4 nitrogen and oxygen atoms in total. The van der Waals surface area contributed by atoms with Crippen molar-refractivity contribution in [3.8, 4) is 0 Å². The highest BCUT2D eigenvalue weighted by Crippen LogP contribution is 2.50. The smallest absolute Gasteiger partial charge is 0.147 e. The summed E-state index contributed by atoms with van der Waals surface area (Å²) in [5, 5.41) is 0. The van der Waals surface area contributed by atoms with Gasteiger partial charge in [-0.1, -0.05) is 24.3 Å². The molecular formula is C17H19BrN4. The number of piperidine rings is 1. The average Bonchev–Trinajstić information content (AvgIpc) is 2.82. The average molecular weight is 359 g/mol. The number of aromatic nitrogens is 2. The largest absolute Gasteiger partial charge is 0.355 e. The van der Waals surface area contributed by atoms with Gasteiger partial charge < -0.3 is 10.6 Å². The number of anilines is 1. The third-order valence-electron chi connectivity index (χ3n) is 5.28. The highest BCUT2D eigenvalue weighted by molar-refractivity contribution is 9.10. The summed E-state index contributed by atoms with van der Waals surface area (Å²) in [5.41, 5.74) is 9.62.